The number of nitrogens with one attached hydrogen (secondary N) is 2. The summed E-state index contributed by atoms with van der Waals surface area (Å²) in [6, 6.07) is 2.18. The molecule has 0 radical (unpaired) electrons. The van der Waals surface area contributed by atoms with Crippen molar-refractivity contribution < 1.29 is 9.53 Å². The summed E-state index contributed by atoms with van der Waals surface area (Å²) in [7, 11) is 0. The number of carbonyl (C=O) groups excluding carboxylic acids is 1. The second kappa shape index (κ2) is 7.67. The zero-order valence-electron chi connectivity index (χ0n) is 11.9. The van der Waals surface area contributed by atoms with Crippen LogP contribution in [0.4, 0.5) is 5.95 Å². The minimum atomic E-state index is 0.134. The molecule has 2 N–H and O–H groups in total. The lowest BCUT2D eigenvalue weighted by Gasteiger charge is -2.07. The van der Waals surface area contributed by atoms with Gasteiger partial charge in [-0.25, -0.2) is 4.98 Å². The van der Waals surface area contributed by atoms with Crippen LogP contribution in [-0.4, -0.2) is 35.1 Å². The predicted octanol–water partition coefficient (Wildman–Crippen LogP) is 1.74. The average molecular weight is 278 g/mol. The van der Waals surface area contributed by atoms with Crippen molar-refractivity contribution >= 4 is 11.9 Å². The largest absolute Gasteiger partial charge is 0.478 e. The molecule has 1 aromatic rings. The number of hydrogen-bond acceptors (Lipinski definition) is 5. The quantitative estimate of drug-likeness (QED) is 0.673. The monoisotopic (exact) mass is 278 g/mol. The van der Waals surface area contributed by atoms with E-state index in [-0.39, 0.29) is 5.91 Å². The van der Waals surface area contributed by atoms with E-state index in [0.29, 0.717) is 37.4 Å². The SMILES string of the molecule is CCCOc1ccnc(NCCCC(=O)NC2CC2)n1. The minimum Gasteiger partial charge on any atom is -0.478 e. The molecule has 1 saturated carbocycles. The summed E-state index contributed by atoms with van der Waals surface area (Å²) in [4.78, 5) is 19.8. The number of rotatable bonds is 9. The topological polar surface area (TPSA) is 76.1 Å². The van der Waals surface area contributed by atoms with Gasteiger partial charge in [-0.05, 0) is 25.7 Å². The van der Waals surface area contributed by atoms with Crippen LogP contribution >= 0.6 is 0 Å². The Balaban J connectivity index is 1.63. The molecular weight excluding hydrogens is 256 g/mol. The summed E-state index contributed by atoms with van der Waals surface area (Å²) in [6.45, 7) is 3.38. The summed E-state index contributed by atoms with van der Waals surface area (Å²) >= 11 is 0. The van der Waals surface area contributed by atoms with E-state index in [4.69, 9.17) is 4.74 Å². The van der Waals surface area contributed by atoms with Crippen LogP contribution in [-0.2, 0) is 4.79 Å². The standard InChI is InChI=1S/C14H22N4O2/c1-2-10-20-13-7-9-16-14(18-13)15-8-3-4-12(19)17-11-5-6-11/h7,9,11H,2-6,8,10H2,1H3,(H,17,19)(H,15,16,18). The van der Waals surface area contributed by atoms with Gasteiger partial charge in [-0.3, -0.25) is 4.79 Å². The lowest BCUT2D eigenvalue weighted by Crippen LogP contribution is -2.25. The molecule has 0 aliphatic heterocycles. The number of amides is 1. The highest BCUT2D eigenvalue weighted by Crippen LogP contribution is 2.18. The molecule has 110 valence electrons. The number of anilines is 1. The first-order valence-electron chi connectivity index (χ1n) is 7.27. The number of ether oxygens (including phenoxy) is 1. The van der Waals surface area contributed by atoms with Gasteiger partial charge in [-0.2, -0.15) is 4.98 Å². The summed E-state index contributed by atoms with van der Waals surface area (Å²) < 4.78 is 5.44. The first kappa shape index (κ1) is 14.6. The van der Waals surface area contributed by atoms with Crippen molar-refractivity contribution in [2.45, 2.75) is 45.1 Å². The molecule has 0 unspecified atom stereocenters. The van der Waals surface area contributed by atoms with E-state index in [0.717, 1.165) is 25.7 Å². The van der Waals surface area contributed by atoms with Gasteiger partial charge >= 0.3 is 0 Å². The van der Waals surface area contributed by atoms with Crippen molar-refractivity contribution in [3.05, 3.63) is 12.3 Å². The molecular formula is C14H22N4O2. The van der Waals surface area contributed by atoms with E-state index in [1.54, 1.807) is 12.3 Å². The van der Waals surface area contributed by atoms with E-state index in [1.165, 1.54) is 0 Å². The molecule has 1 heterocycles. The zero-order valence-corrected chi connectivity index (χ0v) is 11.9. The van der Waals surface area contributed by atoms with Crippen LogP contribution in [0, 0.1) is 0 Å². The van der Waals surface area contributed by atoms with E-state index in [2.05, 4.69) is 20.6 Å². The highest BCUT2D eigenvalue weighted by atomic mass is 16.5. The Morgan fingerprint density at radius 2 is 2.35 bits per heavy atom. The van der Waals surface area contributed by atoms with Crippen molar-refractivity contribution in [2.75, 3.05) is 18.5 Å². The first-order valence-corrected chi connectivity index (χ1v) is 7.27. The smallest absolute Gasteiger partial charge is 0.225 e. The molecule has 0 aromatic carbocycles. The van der Waals surface area contributed by atoms with Gasteiger partial charge in [0.05, 0.1) is 6.61 Å². The van der Waals surface area contributed by atoms with Gasteiger partial charge in [0.15, 0.2) is 0 Å². The van der Waals surface area contributed by atoms with Crippen LogP contribution in [0.2, 0.25) is 0 Å². The third-order valence-electron chi connectivity index (χ3n) is 2.89. The second-order valence-electron chi connectivity index (χ2n) is 4.94. The molecule has 20 heavy (non-hydrogen) atoms. The van der Waals surface area contributed by atoms with Crippen molar-refractivity contribution in [1.82, 2.24) is 15.3 Å². The van der Waals surface area contributed by atoms with Crippen LogP contribution in [0.25, 0.3) is 0 Å². The molecule has 6 nitrogen and oxygen atoms in total. The van der Waals surface area contributed by atoms with Crippen LogP contribution in [0.3, 0.4) is 0 Å². The Morgan fingerprint density at radius 3 is 3.10 bits per heavy atom. The van der Waals surface area contributed by atoms with E-state index in [9.17, 15) is 4.79 Å². The van der Waals surface area contributed by atoms with Crippen LogP contribution in [0.1, 0.15) is 39.0 Å². The van der Waals surface area contributed by atoms with Crippen LogP contribution in [0.15, 0.2) is 12.3 Å². The molecule has 0 bridgehead atoms. The fourth-order valence-electron chi connectivity index (χ4n) is 1.69. The lowest BCUT2D eigenvalue weighted by atomic mass is 10.3. The molecule has 1 fully saturated rings. The van der Waals surface area contributed by atoms with Gasteiger partial charge in [0.2, 0.25) is 17.7 Å². The molecule has 1 aliphatic carbocycles. The third-order valence-corrected chi connectivity index (χ3v) is 2.89. The minimum absolute atomic E-state index is 0.134. The molecule has 1 aliphatic rings. The zero-order chi connectivity index (χ0) is 14.2. The van der Waals surface area contributed by atoms with Gasteiger partial charge in [-0.15, -0.1) is 0 Å². The van der Waals surface area contributed by atoms with Gasteiger partial charge in [0.1, 0.15) is 0 Å². The van der Waals surface area contributed by atoms with Crippen molar-refractivity contribution in [3.8, 4) is 5.88 Å². The van der Waals surface area contributed by atoms with Crippen molar-refractivity contribution in [2.24, 2.45) is 0 Å². The Labute approximate surface area is 119 Å². The molecule has 1 aromatic heterocycles. The van der Waals surface area contributed by atoms with Gasteiger partial charge in [0.25, 0.3) is 0 Å². The van der Waals surface area contributed by atoms with E-state index in [1.807, 2.05) is 6.92 Å². The Morgan fingerprint density at radius 1 is 1.50 bits per heavy atom. The molecule has 0 atom stereocenters. The number of nitrogens with zero attached hydrogens (tertiary/aromatic N) is 2. The van der Waals surface area contributed by atoms with Gasteiger partial charge in [0, 0.05) is 31.3 Å². The second-order valence-corrected chi connectivity index (χ2v) is 4.94. The molecule has 2 rings (SSSR count). The van der Waals surface area contributed by atoms with Crippen LogP contribution in [0.5, 0.6) is 5.88 Å². The summed E-state index contributed by atoms with van der Waals surface area (Å²) in [6.07, 6.45) is 6.17. The van der Waals surface area contributed by atoms with E-state index >= 15 is 0 Å². The third kappa shape index (κ3) is 5.42. The predicted molar refractivity (Wildman–Crippen MR) is 76.7 cm³/mol. The summed E-state index contributed by atoms with van der Waals surface area (Å²) in [5.74, 6) is 1.26. The highest BCUT2D eigenvalue weighted by Gasteiger charge is 2.22. The van der Waals surface area contributed by atoms with Crippen molar-refractivity contribution in [1.29, 1.82) is 0 Å². The lowest BCUT2D eigenvalue weighted by molar-refractivity contribution is -0.121. The maximum absolute atomic E-state index is 11.5. The Bertz CT molecular complexity index is 435. The number of hydrogen-bond donors (Lipinski definition) is 2. The molecule has 1 amide bonds. The highest BCUT2D eigenvalue weighted by molar-refractivity contribution is 5.76. The average Bonchev–Trinajstić information content (AvgIpc) is 3.26. The van der Waals surface area contributed by atoms with Gasteiger partial charge in [-0.1, -0.05) is 6.92 Å². The van der Waals surface area contributed by atoms with E-state index < -0.39 is 0 Å². The molecule has 6 heteroatoms. The van der Waals surface area contributed by atoms with Crippen LogP contribution < -0.4 is 15.4 Å². The molecule has 0 spiro atoms. The Hall–Kier alpha value is -1.85. The maximum atomic E-state index is 11.5. The normalized spacial score (nSPS) is 13.8. The first-order chi connectivity index (χ1) is 9.78. The van der Waals surface area contributed by atoms with Crippen molar-refractivity contribution in [3.63, 3.8) is 0 Å². The Kier molecular flexibility index (Phi) is 5.58. The number of aromatic nitrogens is 2. The fraction of sp³-hybridized carbons (Fsp3) is 0.643. The van der Waals surface area contributed by atoms with Gasteiger partial charge < -0.3 is 15.4 Å². The summed E-state index contributed by atoms with van der Waals surface area (Å²) in [5.41, 5.74) is 0. The maximum Gasteiger partial charge on any atom is 0.225 e. The fourth-order valence-corrected chi connectivity index (χ4v) is 1.69. The number of carbonyl (C=O) groups is 1. The summed E-state index contributed by atoms with van der Waals surface area (Å²) in [5, 5.41) is 6.07. The molecule has 0 saturated heterocycles.